The number of hydrogen-bond acceptors (Lipinski definition) is 4. The van der Waals surface area contributed by atoms with E-state index < -0.39 is 21.9 Å². The summed E-state index contributed by atoms with van der Waals surface area (Å²) in [7, 11) is -3.84. The van der Waals surface area contributed by atoms with Crippen molar-refractivity contribution in [3.8, 4) is 23.1 Å². The Morgan fingerprint density at radius 3 is 2.33 bits per heavy atom. The van der Waals surface area contributed by atoms with Crippen LogP contribution in [0.3, 0.4) is 0 Å². The lowest BCUT2D eigenvalue weighted by Crippen LogP contribution is -2.13. The second-order valence-electron chi connectivity index (χ2n) is 7.11. The third kappa shape index (κ3) is 4.85. The molecule has 11 heteroatoms. The maximum Gasteiger partial charge on any atom is 0.433 e. The van der Waals surface area contributed by atoms with Crippen LogP contribution in [0.5, 0.6) is 0 Å². The minimum Gasteiger partial charge on any atom is -0.228 e. The van der Waals surface area contributed by atoms with E-state index in [2.05, 4.69) is 21.9 Å². The molecule has 2 N–H and O–H groups in total. The highest BCUT2D eigenvalue weighted by Gasteiger charge is 2.35. The summed E-state index contributed by atoms with van der Waals surface area (Å²) in [5.41, 5.74) is 0.773. The summed E-state index contributed by atoms with van der Waals surface area (Å²) >= 11 is 6.02. The first-order valence-electron chi connectivity index (χ1n) is 9.31. The van der Waals surface area contributed by atoms with Gasteiger partial charge in [-0.15, -0.1) is 0 Å². The fourth-order valence-electron chi connectivity index (χ4n) is 3.05. The molecule has 168 valence electrons. The fraction of sp³-hybridized carbons (Fsp3) is 0.0909. The number of sulfonamides is 1. The Kier molecular flexibility index (Phi) is 5.66. The Bertz CT molecular complexity index is 1550. The standard InChI is InChI=1S/C22H14ClF3N4O2S/c1-13-10-15(5-9-18(13)23)19-12-20(22(24,25)26)30-21(28-19)11-16(29-30)6-2-14-3-7-17(8-4-14)33(27,31)32/h3-5,7-12H,1H3,(H2,27,31,32). The van der Waals surface area contributed by atoms with Crippen molar-refractivity contribution in [3.63, 3.8) is 0 Å². The van der Waals surface area contributed by atoms with Gasteiger partial charge < -0.3 is 0 Å². The fourth-order valence-corrected chi connectivity index (χ4v) is 3.69. The highest BCUT2D eigenvalue weighted by atomic mass is 35.5. The molecule has 0 fully saturated rings. The molecule has 0 atom stereocenters. The second-order valence-corrected chi connectivity index (χ2v) is 9.08. The number of hydrogen-bond donors (Lipinski definition) is 1. The van der Waals surface area contributed by atoms with Crippen molar-refractivity contribution < 1.29 is 21.6 Å². The molecule has 0 aliphatic carbocycles. The Morgan fingerprint density at radius 1 is 1.03 bits per heavy atom. The van der Waals surface area contributed by atoms with Gasteiger partial charge in [-0.3, -0.25) is 0 Å². The van der Waals surface area contributed by atoms with Crippen molar-refractivity contribution in [3.05, 3.63) is 82.1 Å². The molecule has 0 aliphatic heterocycles. The lowest BCUT2D eigenvalue weighted by atomic mass is 10.1. The molecule has 2 aromatic heterocycles. The van der Waals surface area contributed by atoms with Gasteiger partial charge in [0.05, 0.1) is 10.6 Å². The summed E-state index contributed by atoms with van der Waals surface area (Å²) in [6, 6.07) is 12.5. The average molecular weight is 491 g/mol. The van der Waals surface area contributed by atoms with Crippen molar-refractivity contribution in [2.45, 2.75) is 18.0 Å². The average Bonchev–Trinajstić information content (AvgIpc) is 3.15. The topological polar surface area (TPSA) is 90.4 Å². The van der Waals surface area contributed by atoms with Gasteiger partial charge in [0.2, 0.25) is 10.0 Å². The molecule has 2 heterocycles. The van der Waals surface area contributed by atoms with Crippen LogP contribution in [0.2, 0.25) is 5.02 Å². The van der Waals surface area contributed by atoms with Crippen LogP contribution in [0.4, 0.5) is 13.2 Å². The Hall–Kier alpha value is -3.39. The number of nitrogens with zero attached hydrogens (tertiary/aromatic N) is 3. The van der Waals surface area contributed by atoms with Crippen molar-refractivity contribution in [2.24, 2.45) is 5.14 Å². The molecule has 0 amide bonds. The number of rotatable bonds is 2. The molecule has 0 aliphatic rings. The molecule has 4 aromatic rings. The summed E-state index contributed by atoms with van der Waals surface area (Å²) in [6.07, 6.45) is -4.68. The van der Waals surface area contributed by atoms with Crippen LogP contribution in [-0.2, 0) is 16.2 Å². The van der Waals surface area contributed by atoms with Crippen LogP contribution in [0.15, 0.2) is 59.5 Å². The maximum atomic E-state index is 13.7. The number of aryl methyl sites for hydroxylation is 1. The minimum absolute atomic E-state index is 0.0266. The third-order valence-corrected chi connectivity index (χ3v) is 6.04. The van der Waals surface area contributed by atoms with Crippen LogP contribution in [-0.4, -0.2) is 23.0 Å². The molecule has 0 unspecified atom stereocenters. The zero-order valence-electron chi connectivity index (χ0n) is 16.9. The first-order valence-corrected chi connectivity index (χ1v) is 11.2. The number of nitrogens with two attached hydrogens (primary N) is 1. The minimum atomic E-state index is -4.68. The second kappa shape index (κ2) is 8.19. The van der Waals surface area contributed by atoms with E-state index in [0.717, 1.165) is 6.07 Å². The lowest BCUT2D eigenvalue weighted by Gasteiger charge is -2.11. The van der Waals surface area contributed by atoms with Gasteiger partial charge in [0, 0.05) is 22.2 Å². The van der Waals surface area contributed by atoms with Gasteiger partial charge in [-0.2, -0.15) is 18.3 Å². The summed E-state index contributed by atoms with van der Waals surface area (Å²) in [5.74, 6) is 5.41. The number of primary sulfonamides is 1. The SMILES string of the molecule is Cc1cc(-c2cc(C(F)(F)F)n3nc(C#Cc4ccc(S(N)(=O)=O)cc4)cc3n2)ccc1Cl. The van der Waals surface area contributed by atoms with Crippen LogP contribution >= 0.6 is 11.6 Å². The van der Waals surface area contributed by atoms with Gasteiger partial charge in [-0.25, -0.2) is 23.1 Å². The summed E-state index contributed by atoms with van der Waals surface area (Å²) < 4.78 is 64.6. The van der Waals surface area contributed by atoms with Crippen molar-refractivity contribution in [1.29, 1.82) is 0 Å². The summed E-state index contributed by atoms with van der Waals surface area (Å²) in [6.45, 7) is 1.75. The van der Waals surface area contributed by atoms with Crippen molar-refractivity contribution in [2.75, 3.05) is 0 Å². The van der Waals surface area contributed by atoms with E-state index in [4.69, 9.17) is 16.7 Å². The highest BCUT2D eigenvalue weighted by Crippen LogP contribution is 2.33. The number of alkyl halides is 3. The zero-order chi connectivity index (χ0) is 24.0. The van der Waals surface area contributed by atoms with Crippen LogP contribution in [0, 0.1) is 18.8 Å². The van der Waals surface area contributed by atoms with Gasteiger partial charge >= 0.3 is 6.18 Å². The van der Waals surface area contributed by atoms with Crippen molar-refractivity contribution in [1.82, 2.24) is 14.6 Å². The molecule has 2 aromatic carbocycles. The molecule has 0 saturated heterocycles. The molecule has 33 heavy (non-hydrogen) atoms. The summed E-state index contributed by atoms with van der Waals surface area (Å²) in [5, 5.41) is 9.49. The number of halogens is 4. The van der Waals surface area contributed by atoms with E-state index in [1.165, 1.54) is 30.3 Å². The molecule has 0 saturated carbocycles. The Balaban J connectivity index is 1.78. The molecular formula is C22H14ClF3N4O2S. The molecule has 0 bridgehead atoms. The van der Waals surface area contributed by atoms with Crippen molar-refractivity contribution >= 4 is 27.3 Å². The quantitative estimate of drug-likeness (QED) is 0.421. The Labute approximate surface area is 191 Å². The monoisotopic (exact) mass is 490 g/mol. The largest absolute Gasteiger partial charge is 0.433 e. The van der Waals surface area contributed by atoms with E-state index >= 15 is 0 Å². The predicted octanol–water partition coefficient (Wildman–Crippen LogP) is 4.42. The van der Waals surface area contributed by atoms with Gasteiger partial charge in [-0.05, 0) is 60.9 Å². The normalized spacial score (nSPS) is 11.9. The van der Waals surface area contributed by atoms with E-state index in [9.17, 15) is 21.6 Å². The Morgan fingerprint density at radius 2 is 1.73 bits per heavy atom. The molecule has 0 radical (unpaired) electrons. The first kappa shape index (κ1) is 22.8. The van der Waals surface area contributed by atoms with Crippen LogP contribution in [0.1, 0.15) is 22.5 Å². The number of benzene rings is 2. The van der Waals surface area contributed by atoms with Gasteiger partial charge in [0.1, 0.15) is 5.69 Å². The summed E-state index contributed by atoms with van der Waals surface area (Å²) in [4.78, 5) is 4.23. The van der Waals surface area contributed by atoms with E-state index in [0.29, 0.717) is 26.2 Å². The van der Waals surface area contributed by atoms with E-state index in [-0.39, 0.29) is 21.9 Å². The van der Waals surface area contributed by atoms with Gasteiger partial charge in [0.15, 0.2) is 11.3 Å². The molecular weight excluding hydrogens is 477 g/mol. The zero-order valence-corrected chi connectivity index (χ0v) is 18.4. The van der Waals surface area contributed by atoms with Gasteiger partial charge in [-0.1, -0.05) is 23.6 Å². The van der Waals surface area contributed by atoms with E-state index in [1.807, 2.05) is 0 Å². The molecule has 0 spiro atoms. The molecule has 6 nitrogen and oxygen atoms in total. The van der Waals surface area contributed by atoms with Gasteiger partial charge in [0.25, 0.3) is 0 Å². The maximum absolute atomic E-state index is 13.7. The first-order chi connectivity index (χ1) is 15.4. The lowest BCUT2D eigenvalue weighted by molar-refractivity contribution is -0.142. The van der Waals surface area contributed by atoms with Crippen LogP contribution in [0.25, 0.3) is 16.9 Å². The third-order valence-electron chi connectivity index (χ3n) is 4.69. The van der Waals surface area contributed by atoms with E-state index in [1.54, 1.807) is 25.1 Å². The number of fused-ring (bicyclic) bond motifs is 1. The van der Waals surface area contributed by atoms with Crippen LogP contribution < -0.4 is 5.14 Å². The highest BCUT2D eigenvalue weighted by molar-refractivity contribution is 7.89. The number of aromatic nitrogens is 3. The molecule has 4 rings (SSSR count). The smallest absolute Gasteiger partial charge is 0.228 e. The predicted molar refractivity (Wildman–Crippen MR) is 117 cm³/mol.